The molecule has 1 fully saturated rings. The van der Waals surface area contributed by atoms with E-state index in [0.717, 1.165) is 10.9 Å². The van der Waals surface area contributed by atoms with Gasteiger partial charge in [0.05, 0.1) is 0 Å². The van der Waals surface area contributed by atoms with E-state index in [4.69, 9.17) is 0 Å². The van der Waals surface area contributed by atoms with Gasteiger partial charge < -0.3 is 9.80 Å². The maximum absolute atomic E-state index is 13.0. The molecule has 0 radical (unpaired) electrons. The van der Waals surface area contributed by atoms with Crippen LogP contribution in [0.25, 0.3) is 11.0 Å². The third-order valence-electron chi connectivity index (χ3n) is 5.15. The predicted molar refractivity (Wildman–Crippen MR) is 107 cm³/mol. The van der Waals surface area contributed by atoms with Crippen molar-refractivity contribution < 1.29 is 9.59 Å². The van der Waals surface area contributed by atoms with Crippen LogP contribution in [0.5, 0.6) is 0 Å². The zero-order valence-corrected chi connectivity index (χ0v) is 16.0. The topological polar surface area (TPSA) is 66.4 Å². The number of aryl methyl sites for hydroxylation is 1. The molecule has 2 amide bonds. The number of fused-ring (bicyclic) bond motifs is 1. The van der Waals surface area contributed by atoms with Gasteiger partial charge in [-0.2, -0.15) is 0 Å². The van der Waals surface area contributed by atoms with Gasteiger partial charge in [-0.3, -0.25) is 9.59 Å². The first kappa shape index (κ1) is 18.1. The number of carbonyl (C=O) groups excluding carboxylic acids is 2. The van der Waals surface area contributed by atoms with Crippen LogP contribution in [0.1, 0.15) is 28.5 Å². The minimum absolute atomic E-state index is 0.0416. The molecule has 0 bridgehead atoms. The van der Waals surface area contributed by atoms with Crippen molar-refractivity contribution in [1.82, 2.24) is 19.8 Å². The van der Waals surface area contributed by atoms with Crippen LogP contribution >= 0.6 is 0 Å². The lowest BCUT2D eigenvalue weighted by Gasteiger charge is -2.39. The molecule has 28 heavy (non-hydrogen) atoms. The first-order valence-corrected chi connectivity index (χ1v) is 9.40. The summed E-state index contributed by atoms with van der Waals surface area (Å²) in [5.41, 5.74) is 3.12. The molecule has 3 heterocycles. The second-order valence-electron chi connectivity index (χ2n) is 7.17. The van der Waals surface area contributed by atoms with Crippen LogP contribution in [-0.2, 0) is 11.3 Å². The predicted octanol–water partition coefficient (Wildman–Crippen LogP) is 2.81. The molecule has 3 aromatic rings. The molecule has 4 rings (SSSR count). The summed E-state index contributed by atoms with van der Waals surface area (Å²) in [4.78, 5) is 37.9. The molecule has 0 spiro atoms. The zero-order valence-electron chi connectivity index (χ0n) is 16.0. The molecular formula is C22H22N4O2. The Bertz CT molecular complexity index is 1050. The molecule has 1 aliphatic rings. The summed E-state index contributed by atoms with van der Waals surface area (Å²) in [6.45, 7) is 5.37. The van der Waals surface area contributed by atoms with E-state index < -0.39 is 6.04 Å². The molecule has 1 saturated heterocycles. The number of amides is 2. The van der Waals surface area contributed by atoms with Gasteiger partial charge in [0.1, 0.15) is 11.7 Å². The Morgan fingerprint density at radius 1 is 1.14 bits per heavy atom. The number of hydrogen-bond acceptors (Lipinski definition) is 4. The fraction of sp³-hybridized carbons (Fsp3) is 0.273. The number of hydrogen-bond donors (Lipinski definition) is 0. The molecule has 2 aromatic heterocycles. The Morgan fingerprint density at radius 2 is 2.00 bits per heavy atom. The first-order valence-electron chi connectivity index (χ1n) is 9.40. The van der Waals surface area contributed by atoms with Crippen molar-refractivity contribution in [3.8, 4) is 0 Å². The molecule has 0 unspecified atom stereocenters. The SMILES string of the molecule is Cc1cccc(CN2CCN(C(=O)c3ccc4cccnc4n3)[C@@H](C)C2=O)c1. The van der Waals surface area contributed by atoms with Gasteiger partial charge in [0.2, 0.25) is 5.91 Å². The number of piperazine rings is 1. The summed E-state index contributed by atoms with van der Waals surface area (Å²) < 4.78 is 0. The van der Waals surface area contributed by atoms with E-state index in [0.29, 0.717) is 31.0 Å². The van der Waals surface area contributed by atoms with Crippen LogP contribution in [0.15, 0.2) is 54.7 Å². The zero-order chi connectivity index (χ0) is 19.7. The van der Waals surface area contributed by atoms with Crippen LogP contribution in [0.2, 0.25) is 0 Å². The van der Waals surface area contributed by atoms with Crippen LogP contribution < -0.4 is 0 Å². The van der Waals surface area contributed by atoms with Crippen molar-refractivity contribution >= 4 is 22.8 Å². The van der Waals surface area contributed by atoms with Crippen molar-refractivity contribution in [3.63, 3.8) is 0 Å². The van der Waals surface area contributed by atoms with Gasteiger partial charge in [-0.05, 0) is 43.7 Å². The van der Waals surface area contributed by atoms with Gasteiger partial charge in [0, 0.05) is 31.2 Å². The van der Waals surface area contributed by atoms with E-state index in [1.807, 2.05) is 48.2 Å². The summed E-state index contributed by atoms with van der Waals surface area (Å²) in [6, 6.07) is 14.9. The highest BCUT2D eigenvalue weighted by Crippen LogP contribution is 2.18. The van der Waals surface area contributed by atoms with E-state index in [2.05, 4.69) is 16.0 Å². The number of aromatic nitrogens is 2. The van der Waals surface area contributed by atoms with Gasteiger partial charge in [-0.25, -0.2) is 9.97 Å². The smallest absolute Gasteiger partial charge is 0.273 e. The van der Waals surface area contributed by atoms with Gasteiger partial charge >= 0.3 is 0 Å². The number of nitrogens with zero attached hydrogens (tertiary/aromatic N) is 4. The minimum Gasteiger partial charge on any atom is -0.335 e. The molecule has 0 aliphatic carbocycles. The van der Waals surface area contributed by atoms with E-state index in [1.54, 1.807) is 24.1 Å². The Kier molecular flexibility index (Phi) is 4.77. The second kappa shape index (κ2) is 7.38. The average molecular weight is 374 g/mol. The molecule has 142 valence electrons. The van der Waals surface area contributed by atoms with E-state index in [1.165, 1.54) is 5.56 Å². The maximum atomic E-state index is 13.0. The highest BCUT2D eigenvalue weighted by atomic mass is 16.2. The molecule has 1 aromatic carbocycles. The highest BCUT2D eigenvalue weighted by molar-refractivity contribution is 5.98. The van der Waals surface area contributed by atoms with Gasteiger partial charge in [0.15, 0.2) is 5.65 Å². The lowest BCUT2D eigenvalue weighted by molar-refractivity contribution is -0.140. The van der Waals surface area contributed by atoms with Gasteiger partial charge in [0.25, 0.3) is 5.91 Å². The van der Waals surface area contributed by atoms with Crippen molar-refractivity contribution in [2.45, 2.75) is 26.4 Å². The summed E-state index contributed by atoms with van der Waals surface area (Å²) in [7, 11) is 0. The normalized spacial score (nSPS) is 17.2. The highest BCUT2D eigenvalue weighted by Gasteiger charge is 2.35. The van der Waals surface area contributed by atoms with Crippen molar-refractivity contribution in [1.29, 1.82) is 0 Å². The molecule has 1 aliphatic heterocycles. The number of rotatable bonds is 3. The van der Waals surface area contributed by atoms with Crippen LogP contribution in [0.4, 0.5) is 0 Å². The standard InChI is InChI=1S/C22H22N4O2/c1-15-5-3-6-17(13-15)14-25-11-12-26(16(2)21(25)27)22(28)19-9-8-18-7-4-10-23-20(18)24-19/h3-10,13,16H,11-12,14H2,1-2H3/t16-/m0/s1. The maximum Gasteiger partial charge on any atom is 0.273 e. The molecule has 6 heteroatoms. The van der Waals surface area contributed by atoms with Crippen LogP contribution in [-0.4, -0.2) is 50.7 Å². The summed E-state index contributed by atoms with van der Waals surface area (Å²) in [6.07, 6.45) is 1.65. The monoisotopic (exact) mass is 374 g/mol. The third-order valence-corrected chi connectivity index (χ3v) is 5.15. The number of carbonyl (C=O) groups is 2. The molecule has 0 N–H and O–H groups in total. The molecule has 6 nitrogen and oxygen atoms in total. The second-order valence-corrected chi connectivity index (χ2v) is 7.17. The Morgan fingerprint density at radius 3 is 2.82 bits per heavy atom. The minimum atomic E-state index is -0.521. The van der Waals surface area contributed by atoms with E-state index in [-0.39, 0.29) is 11.8 Å². The van der Waals surface area contributed by atoms with E-state index in [9.17, 15) is 9.59 Å². The van der Waals surface area contributed by atoms with Crippen LogP contribution in [0.3, 0.4) is 0 Å². The van der Waals surface area contributed by atoms with Crippen molar-refractivity contribution in [2.75, 3.05) is 13.1 Å². The summed E-state index contributed by atoms with van der Waals surface area (Å²) in [5.74, 6) is -0.274. The summed E-state index contributed by atoms with van der Waals surface area (Å²) >= 11 is 0. The van der Waals surface area contributed by atoms with E-state index >= 15 is 0 Å². The lowest BCUT2D eigenvalue weighted by Crippen LogP contribution is -2.57. The van der Waals surface area contributed by atoms with Crippen molar-refractivity contribution in [3.05, 3.63) is 71.5 Å². The Hall–Kier alpha value is -3.28. The molecule has 1 atom stereocenters. The van der Waals surface area contributed by atoms with Gasteiger partial charge in [-0.15, -0.1) is 0 Å². The molecule has 0 saturated carbocycles. The number of pyridine rings is 2. The molecular weight excluding hydrogens is 352 g/mol. The Labute approximate surface area is 163 Å². The Balaban J connectivity index is 1.50. The largest absolute Gasteiger partial charge is 0.335 e. The fourth-order valence-corrected chi connectivity index (χ4v) is 3.61. The fourth-order valence-electron chi connectivity index (χ4n) is 3.61. The lowest BCUT2D eigenvalue weighted by atomic mass is 10.1. The van der Waals surface area contributed by atoms with Crippen molar-refractivity contribution in [2.24, 2.45) is 0 Å². The quantitative estimate of drug-likeness (QED) is 0.707. The average Bonchev–Trinajstić information content (AvgIpc) is 2.71. The number of benzene rings is 1. The van der Waals surface area contributed by atoms with Gasteiger partial charge in [-0.1, -0.05) is 29.8 Å². The summed E-state index contributed by atoms with van der Waals surface area (Å²) in [5, 5.41) is 0.881. The third kappa shape index (κ3) is 3.45. The first-order chi connectivity index (χ1) is 13.5. The van der Waals surface area contributed by atoms with Crippen LogP contribution in [0, 0.1) is 6.92 Å².